The van der Waals surface area contributed by atoms with Gasteiger partial charge >= 0.3 is 5.91 Å². The number of carbonyl (C=O) groups excluding carboxylic acids is 1. The zero-order valence-corrected chi connectivity index (χ0v) is 9.49. The highest BCUT2D eigenvalue weighted by atomic mass is 35.5. The van der Waals surface area contributed by atoms with Crippen LogP contribution in [-0.2, 0) is 0 Å². The number of pyridine rings is 1. The Balaban J connectivity index is 0.00000112. The van der Waals surface area contributed by atoms with Gasteiger partial charge in [0.15, 0.2) is 12.4 Å². The van der Waals surface area contributed by atoms with Gasteiger partial charge < -0.3 is 12.4 Å². The highest BCUT2D eigenvalue weighted by Gasteiger charge is 2.28. The summed E-state index contributed by atoms with van der Waals surface area (Å²) in [5.41, 5.74) is 0. The summed E-state index contributed by atoms with van der Waals surface area (Å²) < 4.78 is 1.72. The summed E-state index contributed by atoms with van der Waals surface area (Å²) in [6, 6.07) is 5.74. The normalized spacial score (nSPS) is 16.8. The first-order valence-electron chi connectivity index (χ1n) is 5.38. The van der Waals surface area contributed by atoms with E-state index in [9.17, 15) is 4.79 Å². The van der Waals surface area contributed by atoms with E-state index < -0.39 is 0 Å². The molecule has 0 aliphatic heterocycles. The van der Waals surface area contributed by atoms with Crippen LogP contribution in [0.5, 0.6) is 0 Å². The third-order valence-electron chi connectivity index (χ3n) is 2.92. The second-order valence-corrected chi connectivity index (χ2v) is 3.96. The van der Waals surface area contributed by atoms with Gasteiger partial charge in [-0.15, -0.1) is 4.57 Å². The van der Waals surface area contributed by atoms with Crippen molar-refractivity contribution < 1.29 is 21.8 Å². The Hall–Kier alpha value is -0.890. The quantitative estimate of drug-likeness (QED) is 0.574. The Bertz CT molecular complexity index is 307. The Morgan fingerprint density at radius 2 is 1.60 bits per heavy atom. The second kappa shape index (κ2) is 5.86. The van der Waals surface area contributed by atoms with E-state index in [1.165, 1.54) is 19.3 Å². The number of halogens is 1. The smallest absolute Gasteiger partial charge is 0.395 e. The van der Waals surface area contributed by atoms with Gasteiger partial charge in [0, 0.05) is 12.1 Å². The van der Waals surface area contributed by atoms with Crippen LogP contribution in [0.15, 0.2) is 30.6 Å². The SMILES string of the molecule is O=C(C1CCCCC1)[n+]1ccccc1.[Cl-]. The topological polar surface area (TPSA) is 20.9 Å². The molecule has 0 atom stereocenters. The van der Waals surface area contributed by atoms with Crippen molar-refractivity contribution in [3.05, 3.63) is 30.6 Å². The van der Waals surface area contributed by atoms with E-state index in [1.54, 1.807) is 4.57 Å². The lowest BCUT2D eigenvalue weighted by atomic mass is 9.88. The van der Waals surface area contributed by atoms with Gasteiger partial charge in [-0.1, -0.05) is 25.3 Å². The van der Waals surface area contributed by atoms with E-state index in [0.717, 1.165) is 12.8 Å². The lowest BCUT2D eigenvalue weighted by Crippen LogP contribution is -3.00. The molecule has 1 aliphatic rings. The Labute approximate surface area is 96.7 Å². The van der Waals surface area contributed by atoms with Crippen molar-refractivity contribution in [1.82, 2.24) is 0 Å². The minimum Gasteiger partial charge on any atom is -1.00 e. The molecule has 3 heteroatoms. The third-order valence-corrected chi connectivity index (χ3v) is 2.92. The molecule has 15 heavy (non-hydrogen) atoms. The molecular weight excluding hydrogens is 210 g/mol. The second-order valence-electron chi connectivity index (χ2n) is 3.96. The van der Waals surface area contributed by atoms with Gasteiger partial charge in [-0.2, -0.15) is 0 Å². The maximum Gasteiger partial charge on any atom is 0.395 e. The minimum absolute atomic E-state index is 0. The molecular formula is C12H16ClNO. The van der Waals surface area contributed by atoms with Crippen molar-refractivity contribution in [2.75, 3.05) is 0 Å². The van der Waals surface area contributed by atoms with Crippen molar-refractivity contribution in [1.29, 1.82) is 0 Å². The Morgan fingerprint density at radius 3 is 2.20 bits per heavy atom. The van der Waals surface area contributed by atoms with Crippen LogP contribution in [0, 0.1) is 5.92 Å². The zero-order chi connectivity index (χ0) is 9.80. The molecule has 1 saturated carbocycles. The Kier molecular flexibility index (Phi) is 4.76. The summed E-state index contributed by atoms with van der Waals surface area (Å²) >= 11 is 0. The van der Waals surface area contributed by atoms with Crippen molar-refractivity contribution in [2.24, 2.45) is 5.92 Å². The highest BCUT2D eigenvalue weighted by molar-refractivity contribution is 5.69. The molecule has 1 aromatic heterocycles. The molecule has 0 bridgehead atoms. The zero-order valence-electron chi connectivity index (χ0n) is 8.73. The summed E-state index contributed by atoms with van der Waals surface area (Å²) in [5.74, 6) is 0.529. The molecule has 0 aromatic carbocycles. The van der Waals surface area contributed by atoms with E-state index in [1.807, 2.05) is 30.6 Å². The molecule has 0 saturated heterocycles. The molecule has 0 amide bonds. The first kappa shape index (κ1) is 12.2. The average molecular weight is 226 g/mol. The summed E-state index contributed by atoms with van der Waals surface area (Å²) in [5, 5.41) is 0. The van der Waals surface area contributed by atoms with Crippen LogP contribution in [0.25, 0.3) is 0 Å². The summed E-state index contributed by atoms with van der Waals surface area (Å²) in [6.07, 6.45) is 9.55. The minimum atomic E-state index is 0. The van der Waals surface area contributed by atoms with Gasteiger partial charge in [-0.05, 0) is 12.8 Å². The molecule has 0 N–H and O–H groups in total. The van der Waals surface area contributed by atoms with Crippen LogP contribution in [-0.4, -0.2) is 5.91 Å². The van der Waals surface area contributed by atoms with Crippen LogP contribution < -0.4 is 17.0 Å². The van der Waals surface area contributed by atoms with E-state index in [2.05, 4.69) is 0 Å². The number of hydrogen-bond acceptors (Lipinski definition) is 1. The number of nitrogens with zero attached hydrogens (tertiary/aromatic N) is 1. The van der Waals surface area contributed by atoms with E-state index in [0.29, 0.717) is 0 Å². The largest absolute Gasteiger partial charge is 1.00 e. The third kappa shape index (κ3) is 3.03. The van der Waals surface area contributed by atoms with Crippen LogP contribution >= 0.6 is 0 Å². The molecule has 1 aromatic rings. The molecule has 0 radical (unpaired) electrons. The van der Waals surface area contributed by atoms with Gasteiger partial charge in [0.25, 0.3) is 0 Å². The Morgan fingerprint density at radius 1 is 1.00 bits per heavy atom. The molecule has 1 heterocycles. The fraction of sp³-hybridized carbons (Fsp3) is 0.500. The molecule has 1 fully saturated rings. The van der Waals surface area contributed by atoms with Crippen LogP contribution in [0.1, 0.15) is 36.9 Å². The van der Waals surface area contributed by atoms with Crippen LogP contribution in [0.2, 0.25) is 0 Å². The number of hydrogen-bond donors (Lipinski definition) is 0. The summed E-state index contributed by atoms with van der Waals surface area (Å²) in [4.78, 5) is 12.0. The lowest BCUT2D eigenvalue weighted by molar-refractivity contribution is -0.577. The monoisotopic (exact) mass is 225 g/mol. The molecule has 82 valence electrons. The van der Waals surface area contributed by atoms with Gasteiger partial charge in [0.2, 0.25) is 0 Å². The summed E-state index contributed by atoms with van der Waals surface area (Å²) in [7, 11) is 0. The van der Waals surface area contributed by atoms with E-state index in [-0.39, 0.29) is 24.2 Å². The van der Waals surface area contributed by atoms with Crippen LogP contribution in [0.4, 0.5) is 0 Å². The van der Waals surface area contributed by atoms with Gasteiger partial charge in [-0.3, -0.25) is 0 Å². The van der Waals surface area contributed by atoms with Gasteiger partial charge in [0.1, 0.15) is 0 Å². The van der Waals surface area contributed by atoms with Gasteiger partial charge in [-0.25, -0.2) is 4.79 Å². The number of rotatable bonds is 1. The van der Waals surface area contributed by atoms with Gasteiger partial charge in [0.05, 0.1) is 5.92 Å². The predicted molar refractivity (Wildman–Crippen MR) is 53.8 cm³/mol. The maximum atomic E-state index is 12.0. The standard InChI is InChI=1S/C12H16NO.ClH/c14-12(11-7-3-1-4-8-11)13-9-5-2-6-10-13;/h2,5-6,9-11H,1,3-4,7-8H2;1H/q+1;/p-1. The summed E-state index contributed by atoms with van der Waals surface area (Å²) in [6.45, 7) is 0. The predicted octanol–water partition coefficient (Wildman–Crippen LogP) is -0.801. The molecule has 2 nitrogen and oxygen atoms in total. The van der Waals surface area contributed by atoms with Crippen molar-refractivity contribution in [3.8, 4) is 0 Å². The number of aromatic nitrogens is 1. The lowest BCUT2D eigenvalue weighted by Gasteiger charge is -2.16. The van der Waals surface area contributed by atoms with E-state index in [4.69, 9.17) is 0 Å². The molecule has 0 spiro atoms. The molecule has 1 aliphatic carbocycles. The van der Waals surface area contributed by atoms with Crippen molar-refractivity contribution in [2.45, 2.75) is 32.1 Å². The van der Waals surface area contributed by atoms with Crippen LogP contribution in [0.3, 0.4) is 0 Å². The fourth-order valence-corrected chi connectivity index (χ4v) is 2.11. The maximum absolute atomic E-state index is 12.0. The van der Waals surface area contributed by atoms with Crippen molar-refractivity contribution >= 4 is 5.91 Å². The first-order chi connectivity index (χ1) is 6.88. The highest BCUT2D eigenvalue weighted by Crippen LogP contribution is 2.23. The number of carbonyl (C=O) groups is 1. The fourth-order valence-electron chi connectivity index (χ4n) is 2.11. The first-order valence-corrected chi connectivity index (χ1v) is 5.38. The molecule has 2 rings (SSSR count). The van der Waals surface area contributed by atoms with Crippen molar-refractivity contribution in [3.63, 3.8) is 0 Å². The molecule has 0 unspecified atom stereocenters. The average Bonchev–Trinajstić information content (AvgIpc) is 2.30. The van der Waals surface area contributed by atoms with E-state index >= 15 is 0 Å².